The van der Waals surface area contributed by atoms with Crippen LogP contribution in [0.1, 0.15) is 31.4 Å². The van der Waals surface area contributed by atoms with Gasteiger partial charge in [0, 0.05) is 6.54 Å². The summed E-state index contributed by atoms with van der Waals surface area (Å²) in [4.78, 5) is 60.6. The van der Waals surface area contributed by atoms with Crippen molar-refractivity contribution in [3.05, 3.63) is 35.4 Å². The van der Waals surface area contributed by atoms with Crippen molar-refractivity contribution in [2.75, 3.05) is 19.7 Å². The van der Waals surface area contributed by atoms with E-state index in [1.54, 1.807) is 19.1 Å². The number of esters is 1. The summed E-state index contributed by atoms with van der Waals surface area (Å²) in [6, 6.07) is 5.64. The molecule has 1 aliphatic heterocycles. The van der Waals surface area contributed by atoms with Gasteiger partial charge >= 0.3 is 18.0 Å². The summed E-state index contributed by atoms with van der Waals surface area (Å²) in [6.07, 6.45) is 0.698. The van der Waals surface area contributed by atoms with E-state index in [9.17, 15) is 24.0 Å². The third-order valence-electron chi connectivity index (χ3n) is 4.34. The van der Waals surface area contributed by atoms with Crippen molar-refractivity contribution in [3.8, 4) is 0 Å². The Morgan fingerprint density at radius 2 is 1.83 bits per heavy atom. The number of nitrogens with one attached hydrogen (secondary N) is 3. The Morgan fingerprint density at radius 3 is 2.45 bits per heavy atom. The van der Waals surface area contributed by atoms with Crippen molar-refractivity contribution in [1.29, 1.82) is 0 Å². The van der Waals surface area contributed by atoms with Crippen LogP contribution in [0.4, 0.5) is 9.59 Å². The SMILES string of the molecule is CCCNC(=O)NC(=O)COC(=O)CN1C(=O)N[C@](C)(c2ccc(C)cc2)C1=O. The number of rotatable bonds is 7. The third-order valence-corrected chi connectivity index (χ3v) is 4.34. The first kappa shape index (κ1) is 21.9. The van der Waals surface area contributed by atoms with Gasteiger partial charge < -0.3 is 15.4 Å². The van der Waals surface area contributed by atoms with Crippen molar-refractivity contribution < 1.29 is 28.7 Å². The van der Waals surface area contributed by atoms with Crippen LogP contribution in [0.2, 0.25) is 0 Å². The van der Waals surface area contributed by atoms with Gasteiger partial charge in [0.15, 0.2) is 6.61 Å². The van der Waals surface area contributed by atoms with E-state index >= 15 is 0 Å². The van der Waals surface area contributed by atoms with Crippen molar-refractivity contribution >= 4 is 29.8 Å². The molecule has 1 aliphatic rings. The highest BCUT2D eigenvalue weighted by molar-refractivity contribution is 6.09. The van der Waals surface area contributed by atoms with E-state index in [0.717, 1.165) is 10.5 Å². The molecular weight excluding hydrogens is 380 g/mol. The average molecular weight is 404 g/mol. The summed E-state index contributed by atoms with van der Waals surface area (Å²) in [7, 11) is 0. The molecule has 156 valence electrons. The molecule has 0 spiro atoms. The van der Waals surface area contributed by atoms with Gasteiger partial charge in [-0.2, -0.15) is 0 Å². The Kier molecular flexibility index (Phi) is 6.92. The van der Waals surface area contributed by atoms with Crippen molar-refractivity contribution in [2.45, 2.75) is 32.7 Å². The van der Waals surface area contributed by atoms with Crippen LogP contribution in [0.25, 0.3) is 0 Å². The Balaban J connectivity index is 1.91. The lowest BCUT2D eigenvalue weighted by molar-refractivity contribution is -0.150. The molecular formula is C19H24N4O6. The zero-order valence-electron chi connectivity index (χ0n) is 16.5. The number of urea groups is 2. The molecule has 10 nitrogen and oxygen atoms in total. The smallest absolute Gasteiger partial charge is 0.326 e. The number of amides is 6. The molecule has 1 fully saturated rings. The second-order valence-corrected chi connectivity index (χ2v) is 6.78. The zero-order valence-corrected chi connectivity index (χ0v) is 16.5. The summed E-state index contributed by atoms with van der Waals surface area (Å²) in [5.41, 5.74) is 0.269. The maximum absolute atomic E-state index is 12.7. The Hall–Kier alpha value is -3.43. The molecule has 3 N–H and O–H groups in total. The largest absolute Gasteiger partial charge is 0.454 e. The van der Waals surface area contributed by atoms with Crippen LogP contribution in [0.15, 0.2) is 24.3 Å². The van der Waals surface area contributed by atoms with E-state index in [1.165, 1.54) is 0 Å². The predicted molar refractivity (Wildman–Crippen MR) is 102 cm³/mol. The van der Waals surface area contributed by atoms with Gasteiger partial charge in [-0.25, -0.2) is 9.59 Å². The number of carbonyl (C=O) groups is 5. The molecule has 10 heteroatoms. The van der Waals surface area contributed by atoms with Crippen molar-refractivity contribution in [3.63, 3.8) is 0 Å². The molecule has 6 amide bonds. The summed E-state index contributed by atoms with van der Waals surface area (Å²) in [5, 5.41) is 7.01. The Morgan fingerprint density at radius 1 is 1.17 bits per heavy atom. The molecule has 0 saturated carbocycles. The van der Waals surface area contributed by atoms with E-state index in [0.29, 0.717) is 18.5 Å². The van der Waals surface area contributed by atoms with Crippen LogP contribution < -0.4 is 16.0 Å². The highest BCUT2D eigenvalue weighted by Crippen LogP contribution is 2.28. The van der Waals surface area contributed by atoms with Gasteiger partial charge in [-0.05, 0) is 25.8 Å². The lowest BCUT2D eigenvalue weighted by atomic mass is 9.91. The maximum atomic E-state index is 12.7. The van der Waals surface area contributed by atoms with Gasteiger partial charge in [0.05, 0.1) is 0 Å². The lowest BCUT2D eigenvalue weighted by Gasteiger charge is -2.22. The summed E-state index contributed by atoms with van der Waals surface area (Å²) >= 11 is 0. The fourth-order valence-corrected chi connectivity index (χ4v) is 2.69. The van der Waals surface area contributed by atoms with E-state index < -0.39 is 48.5 Å². The summed E-state index contributed by atoms with van der Waals surface area (Å²) in [6.45, 7) is 4.33. The normalized spacial score (nSPS) is 18.2. The standard InChI is InChI=1S/C19H24N4O6/c1-4-9-20-17(27)21-14(24)11-29-15(25)10-23-16(26)19(3,22-18(23)28)13-7-5-12(2)6-8-13/h5-8H,4,9-11H2,1-3H3,(H,22,28)(H2,20,21,24,27)/t19-/m1/s1. The average Bonchev–Trinajstić information content (AvgIpc) is 2.89. The monoisotopic (exact) mass is 404 g/mol. The van der Waals surface area contributed by atoms with Crippen LogP contribution in [-0.4, -0.2) is 54.4 Å². The van der Waals surface area contributed by atoms with Gasteiger partial charge in [0.25, 0.3) is 11.8 Å². The fraction of sp³-hybridized carbons (Fsp3) is 0.421. The molecule has 1 aromatic carbocycles. The number of imide groups is 2. The molecule has 1 saturated heterocycles. The topological polar surface area (TPSA) is 134 Å². The minimum Gasteiger partial charge on any atom is -0.454 e. The van der Waals surface area contributed by atoms with Crippen LogP contribution >= 0.6 is 0 Å². The van der Waals surface area contributed by atoms with Gasteiger partial charge in [-0.1, -0.05) is 36.8 Å². The molecule has 0 bridgehead atoms. The molecule has 1 heterocycles. The van der Waals surface area contributed by atoms with E-state index in [4.69, 9.17) is 4.74 Å². The predicted octanol–water partition coefficient (Wildman–Crippen LogP) is 0.541. The van der Waals surface area contributed by atoms with Gasteiger partial charge in [-0.3, -0.25) is 24.6 Å². The molecule has 0 aliphatic carbocycles. The second kappa shape index (κ2) is 9.18. The van der Waals surface area contributed by atoms with Crippen molar-refractivity contribution in [2.24, 2.45) is 0 Å². The van der Waals surface area contributed by atoms with Gasteiger partial charge in [-0.15, -0.1) is 0 Å². The summed E-state index contributed by atoms with van der Waals surface area (Å²) in [5.74, 6) is -2.38. The molecule has 29 heavy (non-hydrogen) atoms. The second-order valence-electron chi connectivity index (χ2n) is 6.78. The molecule has 2 rings (SSSR count). The van der Waals surface area contributed by atoms with E-state index in [-0.39, 0.29) is 0 Å². The Bertz CT molecular complexity index is 822. The maximum Gasteiger partial charge on any atom is 0.326 e. The number of carbonyl (C=O) groups excluding carboxylic acids is 5. The Labute approximate surface area is 168 Å². The first-order chi connectivity index (χ1) is 13.7. The number of benzene rings is 1. The van der Waals surface area contributed by atoms with Gasteiger partial charge in [0.1, 0.15) is 12.1 Å². The van der Waals surface area contributed by atoms with Crippen LogP contribution in [0.3, 0.4) is 0 Å². The quantitative estimate of drug-likeness (QED) is 0.449. The fourth-order valence-electron chi connectivity index (χ4n) is 2.69. The molecule has 0 radical (unpaired) electrons. The first-order valence-corrected chi connectivity index (χ1v) is 9.12. The number of ether oxygens (including phenoxy) is 1. The van der Waals surface area contributed by atoms with Gasteiger partial charge in [0.2, 0.25) is 0 Å². The third kappa shape index (κ3) is 5.31. The van der Waals surface area contributed by atoms with Crippen LogP contribution in [-0.2, 0) is 24.7 Å². The highest BCUT2D eigenvalue weighted by atomic mass is 16.5. The molecule has 0 aromatic heterocycles. The van der Waals surface area contributed by atoms with E-state index in [1.807, 2.05) is 31.3 Å². The number of aryl methyl sites for hydroxylation is 1. The minimum absolute atomic E-state index is 0.394. The van der Waals surface area contributed by atoms with Crippen LogP contribution in [0.5, 0.6) is 0 Å². The first-order valence-electron chi connectivity index (χ1n) is 9.12. The highest BCUT2D eigenvalue weighted by Gasteiger charge is 2.49. The zero-order chi connectivity index (χ0) is 21.6. The lowest BCUT2D eigenvalue weighted by Crippen LogP contribution is -2.43. The number of nitrogens with zero attached hydrogens (tertiary/aromatic N) is 1. The van der Waals surface area contributed by atoms with Crippen molar-refractivity contribution in [1.82, 2.24) is 20.9 Å². The van der Waals surface area contributed by atoms with Crippen LogP contribution in [0, 0.1) is 6.92 Å². The molecule has 0 unspecified atom stereocenters. The number of hydrogen-bond donors (Lipinski definition) is 3. The van der Waals surface area contributed by atoms with E-state index in [2.05, 4.69) is 10.6 Å². The number of hydrogen-bond acceptors (Lipinski definition) is 6. The summed E-state index contributed by atoms with van der Waals surface area (Å²) < 4.78 is 4.75. The minimum atomic E-state index is -1.31. The molecule has 1 aromatic rings. The molecule has 1 atom stereocenters.